The van der Waals surface area contributed by atoms with Crippen molar-refractivity contribution < 1.29 is 9.53 Å². The minimum absolute atomic E-state index is 0.0310. The average molecular weight is 458 g/mol. The van der Waals surface area contributed by atoms with Crippen LogP contribution in [0.2, 0.25) is 0 Å². The molecule has 0 radical (unpaired) electrons. The summed E-state index contributed by atoms with van der Waals surface area (Å²) in [6.07, 6.45) is 0. The van der Waals surface area contributed by atoms with E-state index in [1.807, 2.05) is 48.9 Å². The number of carbonyl (C=O) groups is 1. The van der Waals surface area contributed by atoms with Crippen LogP contribution >= 0.6 is 27.7 Å². The van der Waals surface area contributed by atoms with Crippen LogP contribution in [0.3, 0.4) is 0 Å². The molecule has 1 aromatic heterocycles. The third kappa shape index (κ3) is 3.44. The van der Waals surface area contributed by atoms with E-state index in [-0.39, 0.29) is 11.2 Å². The number of thioether (sulfide) groups is 1. The van der Waals surface area contributed by atoms with Gasteiger partial charge < -0.3 is 10.1 Å². The summed E-state index contributed by atoms with van der Waals surface area (Å²) >= 11 is 5.15. The summed E-state index contributed by atoms with van der Waals surface area (Å²) in [7, 11) is 1.67. The molecule has 144 valence electrons. The molecule has 28 heavy (non-hydrogen) atoms. The molecule has 0 saturated carbocycles. The normalized spacial score (nSPS) is 16.3. The molecule has 1 amide bonds. The molecule has 0 unspecified atom stereocenters. The number of aromatic nitrogens is 2. The summed E-state index contributed by atoms with van der Waals surface area (Å²) < 4.78 is 8.42. The van der Waals surface area contributed by atoms with E-state index in [1.165, 1.54) is 0 Å². The number of fused-ring (bicyclic) bond motifs is 1. The quantitative estimate of drug-likeness (QED) is 0.598. The van der Waals surface area contributed by atoms with Crippen molar-refractivity contribution >= 4 is 39.4 Å². The van der Waals surface area contributed by atoms with E-state index >= 15 is 0 Å². The van der Waals surface area contributed by atoms with Gasteiger partial charge >= 0.3 is 0 Å². The monoisotopic (exact) mass is 457 g/mol. The number of aryl methyl sites for hydroxylation is 2. The summed E-state index contributed by atoms with van der Waals surface area (Å²) in [6.45, 7) is 4.03. The summed E-state index contributed by atoms with van der Waals surface area (Å²) in [5, 5.41) is 7.77. The first-order chi connectivity index (χ1) is 13.5. The molecule has 2 aromatic carbocycles. The fourth-order valence-electron chi connectivity index (χ4n) is 3.49. The molecule has 7 heteroatoms. The fourth-order valence-corrected chi connectivity index (χ4v) is 5.07. The lowest BCUT2D eigenvalue weighted by molar-refractivity contribution is -0.113. The number of hydrogen-bond donors (Lipinski definition) is 1. The Morgan fingerprint density at radius 3 is 2.82 bits per heavy atom. The standard InChI is InChI=1S/C21H20BrN3O2S/c1-12-5-4-6-15(9-12)25-21-19(13(2)24-25)20(28-11-18(26)23-21)16-10-14(22)7-8-17(16)27-3/h4-10,20H,11H2,1-3H3,(H,23,26)/t20-/m0/s1. The van der Waals surface area contributed by atoms with E-state index in [1.54, 1.807) is 18.9 Å². The Balaban J connectivity index is 1.93. The molecule has 1 atom stereocenters. The molecular formula is C21H20BrN3O2S. The van der Waals surface area contributed by atoms with Crippen LogP contribution in [0.15, 0.2) is 46.9 Å². The first-order valence-corrected chi connectivity index (χ1v) is 10.7. The van der Waals surface area contributed by atoms with Gasteiger partial charge in [0.25, 0.3) is 0 Å². The third-order valence-corrected chi connectivity index (χ3v) is 6.47. The number of hydrogen-bond acceptors (Lipinski definition) is 4. The van der Waals surface area contributed by atoms with Crippen LogP contribution in [0.4, 0.5) is 5.82 Å². The molecule has 3 aromatic rings. The van der Waals surface area contributed by atoms with E-state index < -0.39 is 0 Å². The lowest BCUT2D eigenvalue weighted by atomic mass is 10.0. The van der Waals surface area contributed by atoms with Gasteiger partial charge in [0.1, 0.15) is 11.6 Å². The number of amides is 1. The van der Waals surface area contributed by atoms with Crippen LogP contribution in [0.25, 0.3) is 5.69 Å². The predicted molar refractivity (Wildman–Crippen MR) is 117 cm³/mol. The van der Waals surface area contributed by atoms with Crippen LogP contribution < -0.4 is 10.1 Å². The minimum atomic E-state index is -0.0695. The number of anilines is 1. The van der Waals surface area contributed by atoms with E-state index in [9.17, 15) is 4.79 Å². The van der Waals surface area contributed by atoms with Gasteiger partial charge in [-0.1, -0.05) is 28.1 Å². The summed E-state index contributed by atoms with van der Waals surface area (Å²) in [5.74, 6) is 1.85. The van der Waals surface area contributed by atoms with Gasteiger partial charge in [-0.25, -0.2) is 4.68 Å². The van der Waals surface area contributed by atoms with Gasteiger partial charge in [0.2, 0.25) is 5.91 Å². The number of rotatable bonds is 3. The Bertz CT molecular complexity index is 1060. The van der Waals surface area contributed by atoms with Crippen molar-refractivity contribution in [2.75, 3.05) is 18.2 Å². The van der Waals surface area contributed by atoms with Crippen molar-refractivity contribution in [3.05, 3.63) is 69.3 Å². The highest BCUT2D eigenvalue weighted by atomic mass is 79.9. The maximum Gasteiger partial charge on any atom is 0.235 e. The maximum absolute atomic E-state index is 12.5. The zero-order chi connectivity index (χ0) is 19.8. The van der Waals surface area contributed by atoms with Gasteiger partial charge in [-0.3, -0.25) is 4.79 Å². The maximum atomic E-state index is 12.5. The second-order valence-corrected chi connectivity index (χ2v) is 8.73. The van der Waals surface area contributed by atoms with E-state index in [4.69, 9.17) is 9.84 Å². The molecule has 1 aliphatic rings. The molecule has 0 fully saturated rings. The van der Waals surface area contributed by atoms with Crippen LogP contribution in [0.1, 0.15) is 27.6 Å². The zero-order valence-corrected chi connectivity index (χ0v) is 18.2. The Kier molecular flexibility index (Phi) is 5.21. The van der Waals surface area contributed by atoms with E-state index in [0.29, 0.717) is 5.75 Å². The number of halogens is 1. The largest absolute Gasteiger partial charge is 0.496 e. The molecular weight excluding hydrogens is 438 g/mol. The molecule has 0 aliphatic carbocycles. The van der Waals surface area contributed by atoms with Crippen LogP contribution in [-0.4, -0.2) is 28.6 Å². The van der Waals surface area contributed by atoms with Gasteiger partial charge in [0.15, 0.2) is 0 Å². The molecule has 0 spiro atoms. The minimum Gasteiger partial charge on any atom is -0.496 e. The second kappa shape index (κ2) is 7.64. The second-order valence-electron chi connectivity index (χ2n) is 6.72. The van der Waals surface area contributed by atoms with E-state index in [2.05, 4.69) is 33.4 Å². The molecule has 0 saturated heterocycles. The van der Waals surface area contributed by atoms with Crippen molar-refractivity contribution in [2.45, 2.75) is 19.1 Å². The van der Waals surface area contributed by atoms with Gasteiger partial charge in [0.05, 0.1) is 29.5 Å². The number of nitrogens with one attached hydrogen (secondary N) is 1. The topological polar surface area (TPSA) is 56.1 Å². The smallest absolute Gasteiger partial charge is 0.235 e. The van der Waals surface area contributed by atoms with Crippen LogP contribution in [0, 0.1) is 13.8 Å². The number of benzene rings is 2. The van der Waals surface area contributed by atoms with Crippen molar-refractivity contribution in [3.8, 4) is 11.4 Å². The van der Waals surface area contributed by atoms with Crippen LogP contribution in [-0.2, 0) is 4.79 Å². The van der Waals surface area contributed by atoms with Crippen molar-refractivity contribution in [3.63, 3.8) is 0 Å². The highest BCUT2D eigenvalue weighted by Gasteiger charge is 2.32. The average Bonchev–Trinajstić information content (AvgIpc) is 2.88. The molecule has 5 nitrogen and oxygen atoms in total. The lowest BCUT2D eigenvalue weighted by Gasteiger charge is -2.18. The predicted octanol–water partition coefficient (Wildman–Crippen LogP) is 5.03. The fraction of sp³-hybridized carbons (Fsp3) is 0.238. The Hall–Kier alpha value is -2.25. The summed E-state index contributed by atoms with van der Waals surface area (Å²) in [4.78, 5) is 12.5. The highest BCUT2D eigenvalue weighted by molar-refractivity contribution is 9.10. The molecule has 2 heterocycles. The number of methoxy groups -OCH3 is 1. The van der Waals surface area contributed by atoms with Gasteiger partial charge in [-0.15, -0.1) is 11.8 Å². The van der Waals surface area contributed by atoms with Crippen LogP contribution in [0.5, 0.6) is 5.75 Å². The first-order valence-electron chi connectivity index (χ1n) is 8.89. The number of nitrogens with zero attached hydrogens (tertiary/aromatic N) is 2. The third-order valence-electron chi connectivity index (χ3n) is 4.73. The molecule has 1 N–H and O–H groups in total. The molecule has 0 bridgehead atoms. The van der Waals surface area contributed by atoms with E-state index in [0.717, 1.165) is 44.1 Å². The number of ether oxygens (including phenoxy) is 1. The SMILES string of the molecule is COc1ccc(Br)cc1[C@@H]1SCC(=O)Nc2c1c(C)nn2-c1cccc(C)c1. The number of carbonyl (C=O) groups excluding carboxylic acids is 1. The molecule has 4 rings (SSSR count). The summed E-state index contributed by atoms with van der Waals surface area (Å²) in [5.41, 5.74) is 4.98. The first kappa shape index (κ1) is 19.1. The Morgan fingerprint density at radius 1 is 1.25 bits per heavy atom. The highest BCUT2D eigenvalue weighted by Crippen LogP contribution is 2.47. The Morgan fingerprint density at radius 2 is 2.07 bits per heavy atom. The molecule has 1 aliphatic heterocycles. The Labute approximate surface area is 176 Å². The van der Waals surface area contributed by atoms with Gasteiger partial charge in [-0.05, 0) is 49.7 Å². The van der Waals surface area contributed by atoms with Gasteiger partial charge in [-0.2, -0.15) is 5.10 Å². The summed E-state index contributed by atoms with van der Waals surface area (Å²) in [6, 6.07) is 14.1. The van der Waals surface area contributed by atoms with Crippen molar-refractivity contribution in [1.82, 2.24) is 9.78 Å². The van der Waals surface area contributed by atoms with Crippen molar-refractivity contribution in [1.29, 1.82) is 0 Å². The lowest BCUT2D eigenvalue weighted by Crippen LogP contribution is -2.15. The van der Waals surface area contributed by atoms with Crippen molar-refractivity contribution in [2.24, 2.45) is 0 Å². The zero-order valence-electron chi connectivity index (χ0n) is 15.8. The van der Waals surface area contributed by atoms with Gasteiger partial charge in [0, 0.05) is 15.6 Å².